The molecule has 0 aliphatic rings. The van der Waals surface area contributed by atoms with Gasteiger partial charge in [0.25, 0.3) is 0 Å². The zero-order valence-corrected chi connectivity index (χ0v) is 21.4. The van der Waals surface area contributed by atoms with Gasteiger partial charge in [-0.1, -0.05) is 51.1 Å². The van der Waals surface area contributed by atoms with Crippen LogP contribution in [0.2, 0.25) is 0 Å². The van der Waals surface area contributed by atoms with Crippen LogP contribution >= 0.6 is 11.3 Å². The third kappa shape index (κ3) is 6.37. The first-order valence-electron chi connectivity index (χ1n) is 11.3. The number of hydrogen-bond acceptors (Lipinski definition) is 5. The number of thiophene rings is 1. The summed E-state index contributed by atoms with van der Waals surface area (Å²) in [6.45, 7) is 6.52. The number of nitrogens with zero attached hydrogens (tertiary/aromatic N) is 1. The molecular weight excluding hydrogens is 478 g/mol. The van der Waals surface area contributed by atoms with E-state index in [1.807, 2.05) is 13.0 Å². The third-order valence-corrected chi connectivity index (χ3v) is 6.28. The lowest BCUT2D eigenvalue weighted by molar-refractivity contribution is -0.142. The van der Waals surface area contributed by atoms with Gasteiger partial charge in [0, 0.05) is 11.3 Å². The number of urea groups is 1. The van der Waals surface area contributed by atoms with Crippen LogP contribution in [0, 0.1) is 12.3 Å². The van der Waals surface area contributed by atoms with E-state index in [9.17, 15) is 24.3 Å². The number of anilines is 2. The summed E-state index contributed by atoms with van der Waals surface area (Å²) >= 11 is 1.26. The summed E-state index contributed by atoms with van der Waals surface area (Å²) in [5.41, 5.74) is 1.00. The second-order valence-electron chi connectivity index (χ2n) is 9.37. The number of rotatable bonds is 8. The van der Waals surface area contributed by atoms with Crippen LogP contribution in [0.5, 0.6) is 0 Å². The second-order valence-corrected chi connectivity index (χ2v) is 10.3. The van der Waals surface area contributed by atoms with Gasteiger partial charge in [0.15, 0.2) is 0 Å². The lowest BCUT2D eigenvalue weighted by Crippen LogP contribution is -2.55. The highest BCUT2D eigenvalue weighted by molar-refractivity contribution is 7.12. The molecule has 36 heavy (non-hydrogen) atoms. The molecule has 0 aliphatic carbocycles. The molecule has 0 aliphatic heterocycles. The van der Waals surface area contributed by atoms with Crippen molar-refractivity contribution in [3.8, 4) is 0 Å². The predicted molar refractivity (Wildman–Crippen MR) is 141 cm³/mol. The maximum absolute atomic E-state index is 13.5. The van der Waals surface area contributed by atoms with E-state index < -0.39 is 35.9 Å². The highest BCUT2D eigenvalue weighted by atomic mass is 32.1. The Kier molecular flexibility index (Phi) is 8.26. The maximum Gasteiger partial charge on any atom is 0.327 e. The molecule has 0 fully saturated rings. The lowest BCUT2D eigenvalue weighted by atomic mass is 9.84. The van der Waals surface area contributed by atoms with Gasteiger partial charge in [0.1, 0.15) is 6.04 Å². The molecule has 1 atom stereocenters. The van der Waals surface area contributed by atoms with Crippen molar-refractivity contribution in [2.45, 2.75) is 33.7 Å². The van der Waals surface area contributed by atoms with Gasteiger partial charge in [-0.25, -0.2) is 9.59 Å². The van der Waals surface area contributed by atoms with Crippen LogP contribution in [0.15, 0.2) is 66.0 Å². The minimum Gasteiger partial charge on any atom is -0.480 e. The molecule has 188 valence electrons. The Bertz CT molecular complexity index is 1260. The molecule has 3 aromatic rings. The Morgan fingerprint density at radius 1 is 1.00 bits per heavy atom. The maximum atomic E-state index is 13.5. The molecule has 2 aromatic carbocycles. The molecule has 3 amide bonds. The van der Waals surface area contributed by atoms with Gasteiger partial charge in [0.2, 0.25) is 11.7 Å². The number of amides is 3. The number of carbonyl (C=O) groups excluding carboxylic acids is 3. The fourth-order valence-electron chi connectivity index (χ4n) is 3.84. The third-order valence-electron chi connectivity index (χ3n) is 5.41. The zero-order chi connectivity index (χ0) is 26.5. The van der Waals surface area contributed by atoms with Gasteiger partial charge in [-0.05, 0) is 53.6 Å². The second kappa shape index (κ2) is 11.2. The van der Waals surface area contributed by atoms with Crippen LogP contribution in [0.1, 0.15) is 41.6 Å². The monoisotopic (exact) mass is 507 g/mol. The van der Waals surface area contributed by atoms with Crippen molar-refractivity contribution in [1.29, 1.82) is 0 Å². The first-order chi connectivity index (χ1) is 17.0. The summed E-state index contributed by atoms with van der Waals surface area (Å²) < 4.78 is 0. The van der Waals surface area contributed by atoms with Crippen molar-refractivity contribution in [2.24, 2.45) is 5.41 Å². The average Bonchev–Trinajstić information content (AvgIpc) is 3.34. The molecule has 8 nitrogen and oxygen atoms in total. The van der Waals surface area contributed by atoms with Crippen LogP contribution < -0.4 is 15.5 Å². The Labute approximate surface area is 214 Å². The van der Waals surface area contributed by atoms with Crippen molar-refractivity contribution in [3.63, 3.8) is 0 Å². The molecule has 0 spiro atoms. The molecule has 0 saturated heterocycles. The van der Waals surface area contributed by atoms with Crippen molar-refractivity contribution < 1.29 is 24.3 Å². The Balaban J connectivity index is 1.94. The minimum atomic E-state index is -1.30. The summed E-state index contributed by atoms with van der Waals surface area (Å²) in [6, 6.07) is 15.1. The van der Waals surface area contributed by atoms with Crippen molar-refractivity contribution in [3.05, 3.63) is 82.0 Å². The fourth-order valence-corrected chi connectivity index (χ4v) is 4.52. The molecular formula is C27H29N3O5S. The first kappa shape index (κ1) is 26.6. The van der Waals surface area contributed by atoms with Gasteiger partial charge in [-0.3, -0.25) is 14.5 Å². The van der Waals surface area contributed by atoms with E-state index in [0.717, 1.165) is 10.5 Å². The molecule has 0 radical (unpaired) electrons. The normalized spacial score (nSPS) is 11.9. The average molecular weight is 508 g/mol. The minimum absolute atomic E-state index is 0.170. The molecule has 9 heteroatoms. The SMILES string of the molecule is Cc1cccc(NC(=O)NCC(=O)N(c2ccccc2C(=O)c2cccs2)C(C(=O)O)C(C)(C)C)c1. The number of carboxylic acids is 1. The number of hydrogen-bond donors (Lipinski definition) is 3. The van der Waals surface area contributed by atoms with Gasteiger partial charge in [-0.2, -0.15) is 0 Å². The quantitative estimate of drug-likeness (QED) is 0.374. The van der Waals surface area contributed by atoms with Gasteiger partial charge < -0.3 is 15.7 Å². The van der Waals surface area contributed by atoms with Gasteiger partial charge in [0.05, 0.1) is 17.1 Å². The van der Waals surface area contributed by atoms with Crippen LogP contribution in [0.3, 0.4) is 0 Å². The topological polar surface area (TPSA) is 116 Å². The van der Waals surface area contributed by atoms with Crippen molar-refractivity contribution in [1.82, 2.24) is 5.32 Å². The molecule has 3 N–H and O–H groups in total. The number of carbonyl (C=O) groups is 4. The Morgan fingerprint density at radius 2 is 1.72 bits per heavy atom. The number of aliphatic carboxylic acids is 1. The first-order valence-corrected chi connectivity index (χ1v) is 12.2. The van der Waals surface area contributed by atoms with E-state index in [0.29, 0.717) is 10.6 Å². The standard InChI is InChI=1S/C27H29N3O5S/c1-17-9-7-10-18(15-17)29-26(35)28-16-22(31)30(24(25(33)34)27(2,3)4)20-12-6-5-11-19(20)23(32)21-13-8-14-36-21/h5-15,24H,16H2,1-4H3,(H,33,34)(H2,28,29,35). The molecule has 1 aromatic heterocycles. The largest absolute Gasteiger partial charge is 0.480 e. The Morgan fingerprint density at radius 3 is 2.33 bits per heavy atom. The van der Waals surface area contributed by atoms with Crippen LogP contribution in [-0.4, -0.2) is 41.4 Å². The lowest BCUT2D eigenvalue weighted by Gasteiger charge is -2.38. The zero-order valence-electron chi connectivity index (χ0n) is 20.6. The summed E-state index contributed by atoms with van der Waals surface area (Å²) in [7, 11) is 0. The van der Waals surface area contributed by atoms with Crippen molar-refractivity contribution in [2.75, 3.05) is 16.8 Å². The number of carboxylic acid groups (broad SMARTS) is 1. The molecule has 1 heterocycles. The smallest absolute Gasteiger partial charge is 0.327 e. The van der Waals surface area contributed by atoms with E-state index in [-0.39, 0.29) is 17.0 Å². The van der Waals surface area contributed by atoms with E-state index in [4.69, 9.17) is 0 Å². The highest BCUT2D eigenvalue weighted by Gasteiger charge is 2.41. The van der Waals surface area contributed by atoms with E-state index >= 15 is 0 Å². The van der Waals surface area contributed by atoms with Gasteiger partial charge >= 0.3 is 12.0 Å². The van der Waals surface area contributed by atoms with E-state index in [1.54, 1.807) is 80.7 Å². The van der Waals surface area contributed by atoms with Crippen LogP contribution in [-0.2, 0) is 9.59 Å². The fraction of sp³-hybridized carbons (Fsp3) is 0.259. The molecule has 3 rings (SSSR count). The Hall–Kier alpha value is -3.98. The summed E-state index contributed by atoms with van der Waals surface area (Å²) in [5.74, 6) is -2.21. The highest BCUT2D eigenvalue weighted by Crippen LogP contribution is 2.33. The summed E-state index contributed by atoms with van der Waals surface area (Å²) in [4.78, 5) is 53.2. The van der Waals surface area contributed by atoms with E-state index in [2.05, 4.69) is 10.6 Å². The van der Waals surface area contributed by atoms with Gasteiger partial charge in [-0.15, -0.1) is 11.3 Å². The number of aryl methyl sites for hydroxylation is 1. The molecule has 1 unspecified atom stereocenters. The molecule has 0 bridgehead atoms. The number of para-hydroxylation sites is 1. The van der Waals surface area contributed by atoms with Crippen LogP contribution in [0.4, 0.5) is 16.2 Å². The number of nitrogens with one attached hydrogen (secondary N) is 2. The molecule has 0 saturated carbocycles. The number of benzene rings is 2. The van der Waals surface area contributed by atoms with Crippen molar-refractivity contribution >= 4 is 46.4 Å². The predicted octanol–water partition coefficient (Wildman–Crippen LogP) is 4.94. The van der Waals surface area contributed by atoms with E-state index in [1.165, 1.54) is 11.3 Å². The number of ketones is 1. The summed E-state index contributed by atoms with van der Waals surface area (Å²) in [6.07, 6.45) is 0. The summed E-state index contributed by atoms with van der Waals surface area (Å²) in [5, 5.41) is 17.1. The van der Waals surface area contributed by atoms with Crippen LogP contribution in [0.25, 0.3) is 0 Å².